The lowest BCUT2D eigenvalue weighted by Crippen LogP contribution is -2.52. The van der Waals surface area contributed by atoms with Gasteiger partial charge in [0, 0.05) is 19.6 Å². The van der Waals surface area contributed by atoms with Crippen LogP contribution in [0.15, 0.2) is 24.3 Å². The molecule has 0 aromatic heterocycles. The van der Waals surface area contributed by atoms with Crippen LogP contribution in [0.2, 0.25) is 0 Å². The van der Waals surface area contributed by atoms with Gasteiger partial charge >= 0.3 is 0 Å². The van der Waals surface area contributed by atoms with Crippen molar-refractivity contribution in [1.29, 1.82) is 0 Å². The summed E-state index contributed by atoms with van der Waals surface area (Å²) in [6.07, 6.45) is 2.28. The molecule has 98 valence electrons. The van der Waals surface area contributed by atoms with Crippen LogP contribution in [-0.2, 0) is 11.2 Å². The first-order valence-corrected chi connectivity index (χ1v) is 6.76. The SMILES string of the molecule is NN1c2ccccc2CCC1CN1CCOCC1. The first-order chi connectivity index (χ1) is 8.84. The molecule has 1 fully saturated rings. The smallest absolute Gasteiger partial charge is 0.0594 e. The number of hydrogen-bond donors (Lipinski definition) is 1. The maximum Gasteiger partial charge on any atom is 0.0594 e. The Balaban J connectivity index is 1.68. The predicted molar refractivity (Wildman–Crippen MR) is 72.5 cm³/mol. The molecule has 2 heterocycles. The molecule has 1 aromatic rings. The van der Waals surface area contributed by atoms with Crippen LogP contribution >= 0.6 is 0 Å². The van der Waals surface area contributed by atoms with Gasteiger partial charge in [0.2, 0.25) is 0 Å². The monoisotopic (exact) mass is 247 g/mol. The summed E-state index contributed by atoms with van der Waals surface area (Å²) in [5.41, 5.74) is 2.57. The van der Waals surface area contributed by atoms with Crippen molar-refractivity contribution in [2.75, 3.05) is 37.9 Å². The van der Waals surface area contributed by atoms with E-state index in [1.807, 2.05) is 5.01 Å². The molecule has 0 spiro atoms. The van der Waals surface area contributed by atoms with Crippen molar-refractivity contribution >= 4 is 5.69 Å². The third kappa shape index (κ3) is 2.36. The maximum absolute atomic E-state index is 6.28. The van der Waals surface area contributed by atoms with Gasteiger partial charge in [-0.25, -0.2) is 5.84 Å². The number of ether oxygens (including phenoxy) is 1. The molecule has 4 nitrogen and oxygen atoms in total. The van der Waals surface area contributed by atoms with E-state index in [2.05, 4.69) is 29.2 Å². The summed E-state index contributed by atoms with van der Waals surface area (Å²) in [7, 11) is 0. The molecule has 0 radical (unpaired) electrons. The Kier molecular flexibility index (Phi) is 3.50. The second kappa shape index (κ2) is 5.26. The first kappa shape index (κ1) is 12.0. The molecule has 0 saturated carbocycles. The Labute approximate surface area is 108 Å². The van der Waals surface area contributed by atoms with E-state index in [0.717, 1.165) is 45.7 Å². The van der Waals surface area contributed by atoms with Gasteiger partial charge in [0.25, 0.3) is 0 Å². The highest BCUT2D eigenvalue weighted by Gasteiger charge is 2.26. The van der Waals surface area contributed by atoms with Crippen LogP contribution in [0.3, 0.4) is 0 Å². The van der Waals surface area contributed by atoms with Gasteiger partial charge in [-0.05, 0) is 24.5 Å². The zero-order chi connectivity index (χ0) is 12.4. The van der Waals surface area contributed by atoms with Crippen LogP contribution in [0.5, 0.6) is 0 Å². The summed E-state index contributed by atoms with van der Waals surface area (Å²) < 4.78 is 5.39. The van der Waals surface area contributed by atoms with Crippen LogP contribution in [0.1, 0.15) is 12.0 Å². The van der Waals surface area contributed by atoms with E-state index in [9.17, 15) is 0 Å². The molecule has 1 unspecified atom stereocenters. The standard InChI is InChI=1S/C14H21N3O/c15-17-13(11-16-7-9-18-10-8-16)6-5-12-3-1-2-4-14(12)17/h1-4,13H,5-11,15H2. The van der Waals surface area contributed by atoms with E-state index in [1.165, 1.54) is 11.3 Å². The number of para-hydroxylation sites is 1. The zero-order valence-corrected chi connectivity index (χ0v) is 10.7. The van der Waals surface area contributed by atoms with Gasteiger partial charge in [0.15, 0.2) is 0 Å². The topological polar surface area (TPSA) is 41.7 Å². The number of benzene rings is 1. The molecular formula is C14H21N3O. The van der Waals surface area contributed by atoms with Gasteiger partial charge in [0.1, 0.15) is 0 Å². The molecular weight excluding hydrogens is 226 g/mol. The van der Waals surface area contributed by atoms with Crippen molar-refractivity contribution in [3.8, 4) is 0 Å². The van der Waals surface area contributed by atoms with Crippen molar-refractivity contribution in [2.24, 2.45) is 5.84 Å². The predicted octanol–water partition coefficient (Wildman–Crippen LogP) is 1.01. The van der Waals surface area contributed by atoms with Gasteiger partial charge in [-0.1, -0.05) is 18.2 Å². The molecule has 1 saturated heterocycles. The quantitative estimate of drug-likeness (QED) is 0.792. The Hall–Kier alpha value is -1.10. The second-order valence-electron chi connectivity index (χ2n) is 5.14. The average molecular weight is 247 g/mol. The largest absolute Gasteiger partial charge is 0.379 e. The number of hydrogen-bond acceptors (Lipinski definition) is 4. The van der Waals surface area contributed by atoms with E-state index >= 15 is 0 Å². The summed E-state index contributed by atoms with van der Waals surface area (Å²) in [5, 5.41) is 1.97. The average Bonchev–Trinajstić information content (AvgIpc) is 2.43. The number of nitrogens with two attached hydrogens (primary N) is 1. The molecule has 0 aliphatic carbocycles. The molecule has 1 aromatic carbocycles. The number of morpholine rings is 1. The lowest BCUT2D eigenvalue weighted by molar-refractivity contribution is 0.0343. The first-order valence-electron chi connectivity index (χ1n) is 6.76. The van der Waals surface area contributed by atoms with Gasteiger partial charge in [-0.3, -0.25) is 4.90 Å². The summed E-state index contributed by atoms with van der Waals surface area (Å²) >= 11 is 0. The summed E-state index contributed by atoms with van der Waals surface area (Å²) in [6, 6.07) is 8.89. The fourth-order valence-electron chi connectivity index (χ4n) is 2.89. The van der Waals surface area contributed by atoms with Crippen LogP contribution in [0.25, 0.3) is 0 Å². The molecule has 4 heteroatoms. The van der Waals surface area contributed by atoms with Crippen LogP contribution in [-0.4, -0.2) is 43.8 Å². The molecule has 3 rings (SSSR count). The Morgan fingerprint density at radius 2 is 2.00 bits per heavy atom. The van der Waals surface area contributed by atoms with Crippen molar-refractivity contribution in [3.63, 3.8) is 0 Å². The summed E-state index contributed by atoms with van der Waals surface area (Å²) in [4.78, 5) is 2.46. The van der Waals surface area contributed by atoms with Crippen molar-refractivity contribution in [1.82, 2.24) is 4.90 Å². The minimum absolute atomic E-state index is 0.429. The molecule has 2 aliphatic rings. The summed E-state index contributed by atoms with van der Waals surface area (Å²) in [5.74, 6) is 6.28. The Bertz CT molecular complexity index is 404. The van der Waals surface area contributed by atoms with Crippen LogP contribution < -0.4 is 10.9 Å². The minimum atomic E-state index is 0.429. The Morgan fingerprint density at radius 3 is 2.83 bits per heavy atom. The van der Waals surface area contributed by atoms with Gasteiger partial charge in [-0.15, -0.1) is 0 Å². The second-order valence-corrected chi connectivity index (χ2v) is 5.14. The Morgan fingerprint density at radius 1 is 1.22 bits per heavy atom. The van der Waals surface area contributed by atoms with E-state index in [0.29, 0.717) is 6.04 Å². The number of anilines is 1. The van der Waals surface area contributed by atoms with E-state index < -0.39 is 0 Å². The fourth-order valence-corrected chi connectivity index (χ4v) is 2.89. The lowest BCUT2D eigenvalue weighted by Gasteiger charge is -2.39. The van der Waals surface area contributed by atoms with E-state index in [4.69, 9.17) is 10.6 Å². The number of aryl methyl sites for hydroxylation is 1. The highest BCUT2D eigenvalue weighted by Crippen LogP contribution is 2.28. The molecule has 0 amide bonds. The zero-order valence-electron chi connectivity index (χ0n) is 10.7. The molecule has 0 bridgehead atoms. The number of nitrogens with zero attached hydrogens (tertiary/aromatic N) is 2. The number of hydrazine groups is 1. The van der Waals surface area contributed by atoms with Gasteiger partial charge in [-0.2, -0.15) is 0 Å². The van der Waals surface area contributed by atoms with Crippen molar-refractivity contribution in [3.05, 3.63) is 29.8 Å². The van der Waals surface area contributed by atoms with Crippen molar-refractivity contribution < 1.29 is 4.74 Å². The molecule has 2 N–H and O–H groups in total. The third-order valence-corrected chi connectivity index (χ3v) is 3.98. The summed E-state index contributed by atoms with van der Waals surface area (Å²) in [6.45, 7) is 4.83. The molecule has 1 atom stereocenters. The van der Waals surface area contributed by atoms with Crippen molar-refractivity contribution in [2.45, 2.75) is 18.9 Å². The highest BCUT2D eigenvalue weighted by atomic mass is 16.5. The fraction of sp³-hybridized carbons (Fsp3) is 0.571. The van der Waals surface area contributed by atoms with Crippen LogP contribution in [0, 0.1) is 0 Å². The number of rotatable bonds is 2. The van der Waals surface area contributed by atoms with E-state index in [-0.39, 0.29) is 0 Å². The normalized spacial score (nSPS) is 24.9. The van der Waals surface area contributed by atoms with Gasteiger partial charge < -0.3 is 9.75 Å². The molecule has 2 aliphatic heterocycles. The van der Waals surface area contributed by atoms with Crippen LogP contribution in [0.4, 0.5) is 5.69 Å². The van der Waals surface area contributed by atoms with Gasteiger partial charge in [0.05, 0.1) is 24.9 Å². The van der Waals surface area contributed by atoms with E-state index in [1.54, 1.807) is 0 Å². The highest BCUT2D eigenvalue weighted by molar-refractivity contribution is 5.55. The lowest BCUT2D eigenvalue weighted by atomic mass is 9.97. The number of fused-ring (bicyclic) bond motifs is 1. The third-order valence-electron chi connectivity index (χ3n) is 3.98. The maximum atomic E-state index is 6.28. The molecule has 18 heavy (non-hydrogen) atoms. The minimum Gasteiger partial charge on any atom is -0.379 e.